The zero-order chi connectivity index (χ0) is 23.3. The van der Waals surface area contributed by atoms with Gasteiger partial charge in [-0.2, -0.15) is 13.2 Å². The van der Waals surface area contributed by atoms with Gasteiger partial charge in [-0.05, 0) is 45.8 Å². The summed E-state index contributed by atoms with van der Waals surface area (Å²) in [6.07, 6.45) is 1.50. The lowest BCUT2D eigenvalue weighted by Gasteiger charge is -2.21. The zero-order valence-corrected chi connectivity index (χ0v) is 19.0. The Hall–Kier alpha value is -2.49. The van der Waals surface area contributed by atoms with Crippen LogP contribution in [0.5, 0.6) is 5.88 Å². The van der Waals surface area contributed by atoms with Crippen LogP contribution in [-0.4, -0.2) is 22.9 Å². The molecule has 1 heterocycles. The average Bonchev–Trinajstić information content (AvgIpc) is 3.06. The maximum atomic E-state index is 13.8. The lowest BCUT2D eigenvalue weighted by molar-refractivity contribution is -0.295. The number of halogens is 4. The number of carboxylic acids is 1. The van der Waals surface area contributed by atoms with E-state index >= 15 is 0 Å². The molecule has 0 unspecified atom stereocenters. The van der Waals surface area contributed by atoms with Gasteiger partial charge in [-0.1, -0.05) is 43.5 Å². The molecule has 1 aromatic heterocycles. The van der Waals surface area contributed by atoms with Gasteiger partial charge in [0.2, 0.25) is 5.88 Å². The molecule has 0 saturated heterocycles. The number of hydrogen-bond acceptors (Lipinski definition) is 5. The van der Waals surface area contributed by atoms with Gasteiger partial charge in [-0.15, -0.1) is 5.10 Å². The molecule has 1 saturated carbocycles. The zero-order valence-electron chi connectivity index (χ0n) is 17.5. The molecular formula is C22H23BrF3N2O4-. The second-order valence-corrected chi connectivity index (χ2v) is 8.41. The molecule has 10 heteroatoms. The molecule has 1 aliphatic carbocycles. The number of nitrogens with zero attached hydrogens (tertiary/aromatic N) is 2. The Bertz CT molecular complexity index is 982. The van der Waals surface area contributed by atoms with Crippen LogP contribution in [0.3, 0.4) is 0 Å². The molecule has 0 spiro atoms. The number of aliphatic carboxylic acids is 1. The van der Waals surface area contributed by atoms with Gasteiger partial charge in [0.05, 0.1) is 19.3 Å². The standard InChI is InChI=1S/C22H24BrF3N2O4/c1-31-13-17(21(29)30)16-10-6-5-9-15(16)12-32-20-18(22(24,25)26)19(23)28(27-20)11-14-7-3-2-4-8-14/h5-6,9-10,13-14H,2-4,7-8,11-12H2,1H3,(H,29,30)/p-1/b17-13+. The molecule has 1 aromatic carbocycles. The van der Waals surface area contributed by atoms with Crippen molar-refractivity contribution in [3.63, 3.8) is 0 Å². The molecule has 6 nitrogen and oxygen atoms in total. The summed E-state index contributed by atoms with van der Waals surface area (Å²) in [5, 5.41) is 15.6. The number of alkyl halides is 3. The van der Waals surface area contributed by atoms with Gasteiger partial charge in [0.25, 0.3) is 0 Å². The molecule has 1 aliphatic rings. The number of aromatic nitrogens is 2. The monoisotopic (exact) mass is 515 g/mol. The fourth-order valence-electron chi connectivity index (χ4n) is 3.89. The minimum absolute atomic E-state index is 0.173. The highest BCUT2D eigenvalue weighted by Crippen LogP contribution is 2.42. The normalized spacial score (nSPS) is 15.6. The Morgan fingerprint density at radius 3 is 2.59 bits per heavy atom. The van der Waals surface area contributed by atoms with E-state index in [1.807, 2.05) is 0 Å². The third kappa shape index (κ3) is 5.65. The summed E-state index contributed by atoms with van der Waals surface area (Å²) in [7, 11) is 1.29. The van der Waals surface area contributed by atoms with Crippen molar-refractivity contribution in [2.24, 2.45) is 5.92 Å². The van der Waals surface area contributed by atoms with E-state index in [0.717, 1.165) is 38.4 Å². The maximum absolute atomic E-state index is 13.8. The highest BCUT2D eigenvalue weighted by atomic mass is 79.9. The summed E-state index contributed by atoms with van der Waals surface area (Å²) in [6.45, 7) is 0.0511. The van der Waals surface area contributed by atoms with Gasteiger partial charge in [0, 0.05) is 12.1 Å². The summed E-state index contributed by atoms with van der Waals surface area (Å²) < 4.78 is 52.7. The van der Waals surface area contributed by atoms with Crippen molar-refractivity contribution in [1.82, 2.24) is 9.78 Å². The van der Waals surface area contributed by atoms with E-state index in [1.165, 1.54) is 17.9 Å². The molecule has 32 heavy (non-hydrogen) atoms. The predicted molar refractivity (Wildman–Crippen MR) is 112 cm³/mol. The molecule has 0 aliphatic heterocycles. The Morgan fingerprint density at radius 2 is 1.97 bits per heavy atom. The van der Waals surface area contributed by atoms with Crippen molar-refractivity contribution >= 4 is 27.5 Å². The first-order chi connectivity index (χ1) is 15.2. The Kier molecular flexibility index (Phi) is 7.86. The molecule has 3 rings (SSSR count). The smallest absolute Gasteiger partial charge is 0.424 e. The Morgan fingerprint density at radius 1 is 1.28 bits per heavy atom. The maximum Gasteiger partial charge on any atom is 0.424 e. The lowest BCUT2D eigenvalue weighted by atomic mass is 9.89. The minimum atomic E-state index is -4.68. The lowest BCUT2D eigenvalue weighted by Crippen LogP contribution is -2.24. The van der Waals surface area contributed by atoms with Crippen LogP contribution in [-0.2, 0) is 28.9 Å². The van der Waals surface area contributed by atoms with Crippen LogP contribution in [0.2, 0.25) is 0 Å². The van der Waals surface area contributed by atoms with Crippen molar-refractivity contribution in [2.45, 2.75) is 51.4 Å². The number of rotatable bonds is 8. The molecule has 0 radical (unpaired) electrons. The van der Waals surface area contributed by atoms with Crippen molar-refractivity contribution in [1.29, 1.82) is 0 Å². The van der Waals surface area contributed by atoms with Gasteiger partial charge in [-0.25, -0.2) is 0 Å². The summed E-state index contributed by atoms with van der Waals surface area (Å²) >= 11 is 3.06. The summed E-state index contributed by atoms with van der Waals surface area (Å²) in [6, 6.07) is 6.29. The molecule has 1 fully saturated rings. The average molecular weight is 516 g/mol. The highest BCUT2D eigenvalue weighted by molar-refractivity contribution is 9.10. The fraction of sp³-hybridized carbons (Fsp3) is 0.455. The largest absolute Gasteiger partial charge is 0.545 e. The molecule has 0 atom stereocenters. The fourth-order valence-corrected chi connectivity index (χ4v) is 4.51. The van der Waals surface area contributed by atoms with Crippen molar-refractivity contribution < 1.29 is 32.5 Å². The van der Waals surface area contributed by atoms with E-state index in [0.29, 0.717) is 12.1 Å². The number of ether oxygens (including phenoxy) is 2. The van der Waals surface area contributed by atoms with E-state index in [9.17, 15) is 23.1 Å². The van der Waals surface area contributed by atoms with Crippen molar-refractivity contribution in [3.05, 3.63) is 51.8 Å². The molecule has 2 aromatic rings. The Balaban J connectivity index is 1.89. The highest BCUT2D eigenvalue weighted by Gasteiger charge is 2.41. The van der Waals surface area contributed by atoms with Crippen LogP contribution in [0.15, 0.2) is 35.1 Å². The SMILES string of the molecule is CO/C=C(/C(=O)[O-])c1ccccc1COc1nn(CC2CCCCC2)c(Br)c1C(F)(F)F. The molecule has 174 valence electrons. The third-order valence-electron chi connectivity index (χ3n) is 5.43. The summed E-state index contributed by atoms with van der Waals surface area (Å²) in [5.74, 6) is -1.77. The van der Waals surface area contributed by atoms with Crippen molar-refractivity contribution in [2.75, 3.05) is 7.11 Å². The number of carbonyl (C=O) groups is 1. The number of carbonyl (C=O) groups excluding carboxylic acids is 1. The number of benzene rings is 1. The van der Waals surface area contributed by atoms with Crippen LogP contribution in [0, 0.1) is 5.92 Å². The van der Waals surface area contributed by atoms with Crippen LogP contribution in [0.4, 0.5) is 13.2 Å². The quantitative estimate of drug-likeness (QED) is 0.380. The van der Waals surface area contributed by atoms with Crippen molar-refractivity contribution in [3.8, 4) is 5.88 Å². The topological polar surface area (TPSA) is 76.4 Å². The van der Waals surface area contributed by atoms with E-state index < -0.39 is 23.6 Å². The summed E-state index contributed by atoms with van der Waals surface area (Å²) in [5.41, 5.74) is -0.653. The molecule has 0 N–H and O–H groups in total. The van der Waals surface area contributed by atoms with Crippen LogP contribution in [0.25, 0.3) is 5.57 Å². The predicted octanol–water partition coefficient (Wildman–Crippen LogP) is 4.56. The molecule has 0 bridgehead atoms. The van der Waals surface area contributed by atoms with Gasteiger partial charge in [0.1, 0.15) is 11.2 Å². The number of methoxy groups -OCH3 is 1. The first-order valence-corrected chi connectivity index (χ1v) is 11.0. The second-order valence-electron chi connectivity index (χ2n) is 7.66. The molecule has 0 amide bonds. The van der Waals surface area contributed by atoms with Gasteiger partial charge < -0.3 is 19.4 Å². The first-order valence-electron chi connectivity index (χ1n) is 10.2. The van der Waals surface area contributed by atoms with E-state index in [-0.39, 0.29) is 28.3 Å². The van der Waals surface area contributed by atoms with Crippen LogP contribution in [0.1, 0.15) is 48.8 Å². The van der Waals surface area contributed by atoms with Gasteiger partial charge >= 0.3 is 6.18 Å². The number of hydrogen-bond donors (Lipinski definition) is 0. The second kappa shape index (κ2) is 10.4. The van der Waals surface area contributed by atoms with E-state index in [2.05, 4.69) is 21.0 Å². The van der Waals surface area contributed by atoms with Gasteiger partial charge in [0.15, 0.2) is 5.56 Å². The van der Waals surface area contributed by atoms with Gasteiger partial charge in [-0.3, -0.25) is 4.68 Å². The Labute approximate surface area is 192 Å². The van der Waals surface area contributed by atoms with E-state index in [4.69, 9.17) is 9.47 Å². The molecular weight excluding hydrogens is 493 g/mol. The first kappa shape index (κ1) is 24.2. The third-order valence-corrected chi connectivity index (χ3v) is 6.23. The van der Waals surface area contributed by atoms with E-state index in [1.54, 1.807) is 18.2 Å². The van der Waals surface area contributed by atoms with Crippen LogP contribution < -0.4 is 9.84 Å². The van der Waals surface area contributed by atoms with Crippen LogP contribution >= 0.6 is 15.9 Å². The minimum Gasteiger partial charge on any atom is -0.545 e. The summed E-state index contributed by atoms with van der Waals surface area (Å²) in [4.78, 5) is 11.5. The number of carboxylic acid groups (broad SMARTS) is 1.